The summed E-state index contributed by atoms with van der Waals surface area (Å²) in [7, 11) is 1.51. The van der Waals surface area contributed by atoms with Gasteiger partial charge < -0.3 is 10.6 Å². The van der Waals surface area contributed by atoms with Crippen LogP contribution in [0.3, 0.4) is 0 Å². The van der Waals surface area contributed by atoms with Gasteiger partial charge in [0.15, 0.2) is 5.69 Å². The van der Waals surface area contributed by atoms with Crippen molar-refractivity contribution in [2.24, 2.45) is 0 Å². The molecule has 0 atom stereocenters. The second kappa shape index (κ2) is 6.05. The van der Waals surface area contributed by atoms with Crippen LogP contribution in [0.4, 0.5) is 5.69 Å². The fraction of sp³-hybridized carbons (Fsp3) is 0.167. The van der Waals surface area contributed by atoms with E-state index in [1.54, 1.807) is 12.1 Å². The van der Waals surface area contributed by atoms with Crippen molar-refractivity contribution in [2.45, 2.75) is 6.42 Å². The minimum Gasteiger partial charge on any atom is -0.354 e. The van der Waals surface area contributed by atoms with E-state index in [1.807, 2.05) is 18.2 Å². The topological polar surface area (TPSA) is 84.0 Å². The second-order valence-corrected chi connectivity index (χ2v) is 4.55. The fourth-order valence-electron chi connectivity index (χ4n) is 1.49. The summed E-state index contributed by atoms with van der Waals surface area (Å²) < 4.78 is 3.70. The molecule has 0 bridgehead atoms. The predicted molar refractivity (Wildman–Crippen MR) is 72.1 cm³/mol. The third kappa shape index (κ3) is 3.35. The Balaban J connectivity index is 2.04. The van der Waals surface area contributed by atoms with Crippen LogP contribution in [0.2, 0.25) is 0 Å². The zero-order chi connectivity index (χ0) is 13.7. The zero-order valence-electron chi connectivity index (χ0n) is 10.2. The zero-order valence-corrected chi connectivity index (χ0v) is 11.0. The van der Waals surface area contributed by atoms with Gasteiger partial charge in [-0.05, 0) is 23.7 Å². The number of carbonyl (C=O) groups is 2. The molecule has 1 aromatic carbocycles. The van der Waals surface area contributed by atoms with Gasteiger partial charge in [-0.3, -0.25) is 9.59 Å². The third-order valence-corrected chi connectivity index (χ3v) is 3.10. The first kappa shape index (κ1) is 13.2. The number of carbonyl (C=O) groups excluding carboxylic acids is 2. The van der Waals surface area contributed by atoms with Gasteiger partial charge >= 0.3 is 0 Å². The number of rotatable bonds is 4. The van der Waals surface area contributed by atoms with Gasteiger partial charge in [0, 0.05) is 12.7 Å². The van der Waals surface area contributed by atoms with Gasteiger partial charge in [-0.25, -0.2) is 0 Å². The van der Waals surface area contributed by atoms with E-state index in [2.05, 4.69) is 20.2 Å². The molecule has 98 valence electrons. The van der Waals surface area contributed by atoms with Crippen LogP contribution in [-0.2, 0) is 11.2 Å². The lowest BCUT2D eigenvalue weighted by Crippen LogP contribution is -2.21. The number of nitrogens with zero attached hydrogens (tertiary/aromatic N) is 2. The molecule has 0 radical (unpaired) electrons. The summed E-state index contributed by atoms with van der Waals surface area (Å²) in [4.78, 5) is 23.9. The molecule has 2 aromatic rings. The van der Waals surface area contributed by atoms with Crippen molar-refractivity contribution in [2.75, 3.05) is 12.4 Å². The number of aromatic nitrogens is 2. The first-order valence-electron chi connectivity index (χ1n) is 5.59. The van der Waals surface area contributed by atoms with Crippen LogP contribution in [0.25, 0.3) is 0 Å². The van der Waals surface area contributed by atoms with Gasteiger partial charge in [-0.15, -0.1) is 5.10 Å². The molecule has 0 fully saturated rings. The average Bonchev–Trinajstić information content (AvgIpc) is 2.87. The minimum absolute atomic E-state index is 0.0787. The highest BCUT2D eigenvalue weighted by Crippen LogP contribution is 2.13. The van der Waals surface area contributed by atoms with Crippen LogP contribution in [0, 0.1) is 0 Å². The summed E-state index contributed by atoms with van der Waals surface area (Å²) in [5.74, 6) is -0.543. The first-order chi connectivity index (χ1) is 9.20. The molecule has 0 spiro atoms. The average molecular weight is 276 g/mol. The third-order valence-electron chi connectivity index (χ3n) is 2.38. The maximum absolute atomic E-state index is 11.9. The summed E-state index contributed by atoms with van der Waals surface area (Å²) in [6, 6.07) is 9.12. The standard InChI is InChI=1S/C12H12N4O2S/c1-13-12(18)11-9(19-16-15-11)7-10(17)14-8-5-3-2-4-6-8/h2-6H,7H2,1H3,(H,13,18)(H,14,17). The Bertz CT molecular complexity index is 582. The van der Waals surface area contributed by atoms with Crippen LogP contribution >= 0.6 is 11.5 Å². The molecule has 2 rings (SSSR count). The van der Waals surface area contributed by atoms with Crippen molar-refractivity contribution in [3.05, 3.63) is 40.9 Å². The van der Waals surface area contributed by atoms with Gasteiger partial charge in [0.25, 0.3) is 5.91 Å². The van der Waals surface area contributed by atoms with Gasteiger partial charge in [0.05, 0.1) is 11.3 Å². The number of hydrogen-bond donors (Lipinski definition) is 2. The normalized spacial score (nSPS) is 9.95. The number of anilines is 1. The molecule has 1 aromatic heterocycles. The molecule has 0 saturated heterocycles. The van der Waals surface area contributed by atoms with E-state index in [-0.39, 0.29) is 23.9 Å². The maximum Gasteiger partial charge on any atom is 0.272 e. The Labute approximate surface area is 114 Å². The quantitative estimate of drug-likeness (QED) is 0.875. The summed E-state index contributed by atoms with van der Waals surface area (Å²) in [6.45, 7) is 0. The Morgan fingerprint density at radius 2 is 2.00 bits per heavy atom. The Morgan fingerprint density at radius 1 is 1.26 bits per heavy atom. The van der Waals surface area contributed by atoms with E-state index in [9.17, 15) is 9.59 Å². The summed E-state index contributed by atoms with van der Waals surface area (Å²) in [5.41, 5.74) is 0.919. The molecule has 0 saturated carbocycles. The lowest BCUT2D eigenvalue weighted by Gasteiger charge is -2.04. The predicted octanol–water partition coefficient (Wildman–Crippen LogP) is 1.08. The monoisotopic (exact) mass is 276 g/mol. The largest absolute Gasteiger partial charge is 0.354 e. The first-order valence-corrected chi connectivity index (χ1v) is 6.36. The lowest BCUT2D eigenvalue weighted by atomic mass is 10.2. The number of para-hydroxylation sites is 1. The Morgan fingerprint density at radius 3 is 2.68 bits per heavy atom. The van der Waals surface area contributed by atoms with Gasteiger partial charge in [0.2, 0.25) is 5.91 Å². The van der Waals surface area contributed by atoms with Gasteiger partial charge in [-0.2, -0.15) is 0 Å². The highest BCUT2D eigenvalue weighted by atomic mass is 32.1. The van der Waals surface area contributed by atoms with Crippen LogP contribution < -0.4 is 10.6 Å². The molecule has 7 heteroatoms. The van der Waals surface area contributed by atoms with Crippen LogP contribution in [0.1, 0.15) is 15.4 Å². The summed E-state index contributed by atoms with van der Waals surface area (Å²) in [6.07, 6.45) is 0.0787. The molecule has 0 unspecified atom stereocenters. The van der Waals surface area contributed by atoms with Crippen LogP contribution in [-0.4, -0.2) is 28.4 Å². The van der Waals surface area contributed by atoms with Crippen molar-refractivity contribution in [3.8, 4) is 0 Å². The molecule has 2 amide bonds. The van der Waals surface area contributed by atoms with Crippen molar-refractivity contribution < 1.29 is 9.59 Å². The molecule has 2 N–H and O–H groups in total. The number of benzene rings is 1. The number of hydrogen-bond acceptors (Lipinski definition) is 5. The molecule has 19 heavy (non-hydrogen) atoms. The fourth-order valence-corrected chi connectivity index (χ4v) is 2.13. The van der Waals surface area contributed by atoms with E-state index in [4.69, 9.17) is 0 Å². The lowest BCUT2D eigenvalue weighted by molar-refractivity contribution is -0.115. The summed E-state index contributed by atoms with van der Waals surface area (Å²) >= 11 is 1.05. The second-order valence-electron chi connectivity index (χ2n) is 3.71. The van der Waals surface area contributed by atoms with Crippen LogP contribution in [0.15, 0.2) is 30.3 Å². The molecule has 6 nitrogen and oxygen atoms in total. The van der Waals surface area contributed by atoms with Crippen molar-refractivity contribution >= 4 is 29.0 Å². The molecule has 0 aliphatic heterocycles. The molecule has 0 aliphatic carbocycles. The molecule has 0 aliphatic rings. The van der Waals surface area contributed by atoms with E-state index in [1.165, 1.54) is 7.05 Å². The Hall–Kier alpha value is -2.28. The van der Waals surface area contributed by atoms with Crippen molar-refractivity contribution in [1.29, 1.82) is 0 Å². The van der Waals surface area contributed by atoms with E-state index in [0.717, 1.165) is 11.5 Å². The van der Waals surface area contributed by atoms with Gasteiger partial charge in [-0.1, -0.05) is 22.7 Å². The smallest absolute Gasteiger partial charge is 0.272 e. The molecular formula is C12H12N4O2S. The minimum atomic E-state index is -0.337. The number of nitrogens with one attached hydrogen (secondary N) is 2. The maximum atomic E-state index is 11.9. The molecular weight excluding hydrogens is 264 g/mol. The van der Waals surface area contributed by atoms with E-state index in [0.29, 0.717) is 10.6 Å². The molecule has 1 heterocycles. The van der Waals surface area contributed by atoms with E-state index < -0.39 is 0 Å². The highest BCUT2D eigenvalue weighted by Gasteiger charge is 2.17. The van der Waals surface area contributed by atoms with Crippen molar-refractivity contribution in [1.82, 2.24) is 14.9 Å². The Kier molecular flexibility index (Phi) is 4.19. The van der Waals surface area contributed by atoms with E-state index >= 15 is 0 Å². The van der Waals surface area contributed by atoms with Crippen molar-refractivity contribution in [3.63, 3.8) is 0 Å². The summed E-state index contributed by atoms with van der Waals surface area (Å²) in [5, 5.41) is 8.93. The van der Waals surface area contributed by atoms with Gasteiger partial charge in [0.1, 0.15) is 0 Å². The SMILES string of the molecule is CNC(=O)c1nnsc1CC(=O)Nc1ccccc1. The number of amides is 2. The highest BCUT2D eigenvalue weighted by molar-refractivity contribution is 7.06. The van der Waals surface area contributed by atoms with Crippen LogP contribution in [0.5, 0.6) is 0 Å².